The molecule has 0 aliphatic carbocycles. The van der Waals surface area contributed by atoms with Gasteiger partial charge in [-0.05, 0) is 44.2 Å². The predicted octanol–water partition coefficient (Wildman–Crippen LogP) is 4.10. The highest BCUT2D eigenvalue weighted by Crippen LogP contribution is 2.32. The Hall–Kier alpha value is -3.65. The minimum Gasteiger partial charge on any atom is -0.463 e. The van der Waals surface area contributed by atoms with E-state index in [0.717, 1.165) is 12.1 Å². The number of nitriles is 1. The lowest BCUT2D eigenvalue weighted by Crippen LogP contribution is -2.29. The molecule has 2 heterocycles. The number of pyridine rings is 1. The van der Waals surface area contributed by atoms with Crippen LogP contribution in [-0.2, 0) is 6.18 Å². The molecule has 0 saturated heterocycles. The molecule has 166 valence electrons. The molecule has 1 N–H and O–H groups in total. The molecule has 0 fully saturated rings. The van der Waals surface area contributed by atoms with Crippen molar-refractivity contribution in [3.05, 3.63) is 64.1 Å². The second kappa shape index (κ2) is 9.23. The standard InChI is InChI=1S/C20H16ClF3N6O2/c1-3-32-19-28-17(30(29-19)16-5-4-12(9-25)10-26-16)11(2)27-18(31)13-6-14(20(22,23)24)8-15(21)7-13/h4-8,10-11H,3H2,1-2H3,(H,27,31)/t11-/m0/s1. The largest absolute Gasteiger partial charge is 0.463 e. The van der Waals surface area contributed by atoms with Crippen molar-refractivity contribution in [3.63, 3.8) is 0 Å². The Kier molecular flexibility index (Phi) is 6.64. The summed E-state index contributed by atoms with van der Waals surface area (Å²) >= 11 is 5.77. The fourth-order valence-corrected chi connectivity index (χ4v) is 2.99. The van der Waals surface area contributed by atoms with E-state index in [2.05, 4.69) is 20.4 Å². The van der Waals surface area contributed by atoms with Gasteiger partial charge < -0.3 is 10.1 Å². The number of nitrogens with one attached hydrogen (secondary N) is 1. The smallest absolute Gasteiger partial charge is 0.416 e. The van der Waals surface area contributed by atoms with Crippen LogP contribution in [0.25, 0.3) is 5.82 Å². The first kappa shape index (κ1) is 23.0. The van der Waals surface area contributed by atoms with E-state index in [9.17, 15) is 18.0 Å². The molecule has 1 aromatic carbocycles. The first-order valence-corrected chi connectivity index (χ1v) is 9.65. The molecule has 0 spiro atoms. The van der Waals surface area contributed by atoms with E-state index >= 15 is 0 Å². The normalized spacial score (nSPS) is 12.2. The highest BCUT2D eigenvalue weighted by atomic mass is 35.5. The number of halogens is 4. The van der Waals surface area contributed by atoms with Crippen LogP contribution in [0.2, 0.25) is 5.02 Å². The van der Waals surface area contributed by atoms with Crippen molar-refractivity contribution in [1.29, 1.82) is 5.26 Å². The third-order valence-corrected chi connectivity index (χ3v) is 4.42. The minimum atomic E-state index is -4.65. The molecule has 0 saturated carbocycles. The number of amides is 1. The van der Waals surface area contributed by atoms with Crippen LogP contribution < -0.4 is 10.1 Å². The van der Waals surface area contributed by atoms with Crippen molar-refractivity contribution < 1.29 is 22.7 Å². The number of ether oxygens (including phenoxy) is 1. The summed E-state index contributed by atoms with van der Waals surface area (Å²) in [6.45, 7) is 3.60. The zero-order valence-corrected chi connectivity index (χ0v) is 17.6. The van der Waals surface area contributed by atoms with Crippen LogP contribution in [0, 0.1) is 11.3 Å². The van der Waals surface area contributed by atoms with Gasteiger partial charge in [0.05, 0.1) is 23.8 Å². The van der Waals surface area contributed by atoms with Crippen LogP contribution in [0.15, 0.2) is 36.5 Å². The molecule has 3 rings (SSSR count). The van der Waals surface area contributed by atoms with E-state index < -0.39 is 23.7 Å². The first-order chi connectivity index (χ1) is 15.1. The second-order valence-electron chi connectivity index (χ2n) is 6.54. The highest BCUT2D eigenvalue weighted by Gasteiger charge is 2.32. The van der Waals surface area contributed by atoms with Crippen LogP contribution in [0.3, 0.4) is 0 Å². The lowest BCUT2D eigenvalue weighted by atomic mass is 10.1. The van der Waals surface area contributed by atoms with Gasteiger partial charge in [0.25, 0.3) is 5.91 Å². The number of alkyl halides is 3. The molecule has 32 heavy (non-hydrogen) atoms. The second-order valence-corrected chi connectivity index (χ2v) is 6.97. The monoisotopic (exact) mass is 464 g/mol. The average Bonchev–Trinajstić information content (AvgIpc) is 3.17. The number of carbonyl (C=O) groups is 1. The van der Waals surface area contributed by atoms with Crippen molar-refractivity contribution in [2.24, 2.45) is 0 Å². The molecule has 12 heteroatoms. The van der Waals surface area contributed by atoms with E-state index in [0.29, 0.717) is 17.4 Å². The summed E-state index contributed by atoms with van der Waals surface area (Å²) in [6, 6.07) is 6.84. The molecule has 1 amide bonds. The molecule has 0 aliphatic rings. The van der Waals surface area contributed by atoms with Gasteiger partial charge in [-0.3, -0.25) is 4.79 Å². The molecule has 0 radical (unpaired) electrons. The van der Waals surface area contributed by atoms with Gasteiger partial charge in [-0.2, -0.15) is 28.1 Å². The van der Waals surface area contributed by atoms with Crippen LogP contribution in [0.5, 0.6) is 6.01 Å². The molecule has 0 bridgehead atoms. The predicted molar refractivity (Wildman–Crippen MR) is 107 cm³/mol. The summed E-state index contributed by atoms with van der Waals surface area (Å²) in [5.41, 5.74) is -0.959. The van der Waals surface area contributed by atoms with Crippen LogP contribution in [0.1, 0.15) is 47.2 Å². The molecular formula is C20H16ClF3N6O2. The topological polar surface area (TPSA) is 106 Å². The third kappa shape index (κ3) is 5.15. The molecule has 2 aromatic heterocycles. The molecule has 0 aliphatic heterocycles. The Labute approximate surface area is 185 Å². The third-order valence-electron chi connectivity index (χ3n) is 4.20. The maximum absolute atomic E-state index is 13.1. The van der Waals surface area contributed by atoms with E-state index in [4.69, 9.17) is 21.6 Å². The molecule has 1 atom stereocenters. The fraction of sp³-hybridized carbons (Fsp3) is 0.250. The van der Waals surface area contributed by atoms with Crippen LogP contribution in [0.4, 0.5) is 13.2 Å². The summed E-state index contributed by atoms with van der Waals surface area (Å²) in [4.78, 5) is 21.0. The average molecular weight is 465 g/mol. The fourth-order valence-electron chi connectivity index (χ4n) is 2.75. The zero-order chi connectivity index (χ0) is 23.5. The lowest BCUT2D eigenvalue weighted by molar-refractivity contribution is -0.137. The van der Waals surface area contributed by atoms with Crippen LogP contribution >= 0.6 is 11.6 Å². The maximum Gasteiger partial charge on any atom is 0.416 e. The lowest BCUT2D eigenvalue weighted by Gasteiger charge is -2.15. The molecule has 0 unspecified atom stereocenters. The SMILES string of the molecule is CCOc1nc([C@H](C)NC(=O)c2cc(Cl)cc(C(F)(F)F)c2)n(-c2ccc(C#N)cn2)n1. The van der Waals surface area contributed by atoms with Gasteiger partial charge in [0, 0.05) is 16.8 Å². The van der Waals surface area contributed by atoms with Gasteiger partial charge in [0.1, 0.15) is 6.07 Å². The maximum atomic E-state index is 13.1. The Morgan fingerprint density at radius 1 is 1.34 bits per heavy atom. The summed E-state index contributed by atoms with van der Waals surface area (Å²) in [7, 11) is 0. The highest BCUT2D eigenvalue weighted by molar-refractivity contribution is 6.31. The Morgan fingerprint density at radius 2 is 2.09 bits per heavy atom. The van der Waals surface area contributed by atoms with Gasteiger partial charge in [0.15, 0.2) is 11.6 Å². The Bertz CT molecular complexity index is 1170. The number of aromatic nitrogens is 4. The number of benzene rings is 1. The van der Waals surface area contributed by atoms with E-state index in [1.807, 2.05) is 6.07 Å². The Morgan fingerprint density at radius 3 is 2.69 bits per heavy atom. The quantitative estimate of drug-likeness (QED) is 0.589. The number of rotatable bonds is 6. The number of hydrogen-bond donors (Lipinski definition) is 1. The zero-order valence-electron chi connectivity index (χ0n) is 16.8. The van der Waals surface area contributed by atoms with Crippen molar-refractivity contribution >= 4 is 17.5 Å². The van der Waals surface area contributed by atoms with Crippen LogP contribution in [-0.4, -0.2) is 32.3 Å². The number of nitrogens with zero attached hydrogens (tertiary/aromatic N) is 5. The van der Waals surface area contributed by atoms with Gasteiger partial charge in [0.2, 0.25) is 0 Å². The van der Waals surface area contributed by atoms with Gasteiger partial charge in [-0.1, -0.05) is 11.6 Å². The van der Waals surface area contributed by atoms with Crippen molar-refractivity contribution in [2.75, 3.05) is 6.61 Å². The molecule has 8 nitrogen and oxygen atoms in total. The van der Waals surface area contributed by atoms with Crippen molar-refractivity contribution in [3.8, 4) is 17.9 Å². The Balaban J connectivity index is 1.92. The number of hydrogen-bond acceptors (Lipinski definition) is 6. The molecule has 3 aromatic rings. The van der Waals surface area contributed by atoms with Crippen molar-refractivity contribution in [1.82, 2.24) is 25.1 Å². The summed E-state index contributed by atoms with van der Waals surface area (Å²) in [5.74, 6) is -0.261. The van der Waals surface area contributed by atoms with Gasteiger partial charge in [-0.25, -0.2) is 4.98 Å². The summed E-state index contributed by atoms with van der Waals surface area (Å²) in [6.07, 6.45) is -3.31. The summed E-state index contributed by atoms with van der Waals surface area (Å²) in [5, 5.41) is 15.5. The molecular weight excluding hydrogens is 449 g/mol. The first-order valence-electron chi connectivity index (χ1n) is 9.27. The van der Waals surface area contributed by atoms with Crippen molar-refractivity contribution in [2.45, 2.75) is 26.1 Å². The minimum absolute atomic E-state index is 0.0249. The van der Waals surface area contributed by atoms with E-state index in [-0.39, 0.29) is 29.0 Å². The summed E-state index contributed by atoms with van der Waals surface area (Å²) < 4.78 is 45.8. The van der Waals surface area contributed by atoms with E-state index in [1.54, 1.807) is 13.8 Å². The number of carbonyl (C=O) groups excluding carboxylic acids is 1. The van der Waals surface area contributed by atoms with E-state index in [1.165, 1.54) is 23.0 Å². The van der Waals surface area contributed by atoms with Gasteiger partial charge >= 0.3 is 12.2 Å². The van der Waals surface area contributed by atoms with Gasteiger partial charge in [-0.15, -0.1) is 5.10 Å².